The van der Waals surface area contributed by atoms with Crippen LogP contribution in [-0.2, 0) is 6.42 Å². The topological polar surface area (TPSA) is 72.8 Å². The zero-order valence-electron chi connectivity index (χ0n) is 15.8. The molecular formula is C21H28N2O3S2. The summed E-state index contributed by atoms with van der Waals surface area (Å²) in [4.78, 5) is 14.4. The van der Waals surface area contributed by atoms with Crippen LogP contribution in [0, 0.1) is 0 Å². The Bertz CT molecular complexity index is 873. The second-order valence-electron chi connectivity index (χ2n) is 7.26. The number of carbonyl (C=O) groups is 1. The van der Waals surface area contributed by atoms with Crippen molar-refractivity contribution in [2.45, 2.75) is 41.9 Å². The number of carbonyl (C=O) groups excluding carboxylic acids is 1. The fourth-order valence-electron chi connectivity index (χ4n) is 3.72. The van der Waals surface area contributed by atoms with Crippen LogP contribution in [0.2, 0.25) is 0 Å². The quantitative estimate of drug-likeness (QED) is 0.589. The molecule has 2 aromatic rings. The Morgan fingerprint density at radius 2 is 1.89 bits per heavy atom. The molecule has 0 atom stereocenters. The number of thioether (sulfide) groups is 1. The lowest BCUT2D eigenvalue weighted by Crippen LogP contribution is -2.32. The maximum atomic E-state index is 12.7. The van der Waals surface area contributed by atoms with Gasteiger partial charge < -0.3 is 5.32 Å². The van der Waals surface area contributed by atoms with Gasteiger partial charge in [-0.3, -0.25) is 13.9 Å². The molecule has 28 heavy (non-hydrogen) atoms. The number of hydrogen-bond acceptors (Lipinski definition) is 5. The van der Waals surface area contributed by atoms with Crippen molar-refractivity contribution in [3.63, 3.8) is 0 Å². The highest BCUT2D eigenvalue weighted by Gasteiger charge is 2.27. The van der Waals surface area contributed by atoms with Crippen LogP contribution in [0.4, 0.5) is 5.69 Å². The van der Waals surface area contributed by atoms with Gasteiger partial charge in [-0.25, -0.2) is 4.31 Å². The molecule has 2 heterocycles. The van der Waals surface area contributed by atoms with E-state index in [4.69, 9.17) is 0 Å². The maximum Gasteiger partial charge on any atom is 0.255 e. The summed E-state index contributed by atoms with van der Waals surface area (Å²) in [5.74, 6) is 0.958. The van der Waals surface area contributed by atoms with Gasteiger partial charge in [0.2, 0.25) is 0 Å². The Balaban J connectivity index is 0.00000240. The first-order valence-corrected chi connectivity index (χ1v) is 12.2. The van der Waals surface area contributed by atoms with Crippen LogP contribution in [0.25, 0.3) is 0 Å². The van der Waals surface area contributed by atoms with Gasteiger partial charge >= 0.3 is 0 Å². The van der Waals surface area contributed by atoms with Crippen molar-refractivity contribution in [3.05, 3.63) is 53.6 Å². The minimum Gasteiger partial charge on any atom is -0.322 e. The molecule has 1 fully saturated rings. The first-order chi connectivity index (χ1) is 13.5. The van der Waals surface area contributed by atoms with Crippen LogP contribution in [0.15, 0.2) is 52.3 Å². The van der Waals surface area contributed by atoms with Gasteiger partial charge in [0.25, 0.3) is 5.91 Å². The summed E-state index contributed by atoms with van der Waals surface area (Å²) in [5.41, 5.74) is 2.44. The monoisotopic (exact) mass is 420 g/mol. The van der Waals surface area contributed by atoms with Crippen LogP contribution < -0.4 is 5.32 Å². The van der Waals surface area contributed by atoms with E-state index in [2.05, 4.69) is 5.32 Å². The molecule has 2 aromatic carbocycles. The van der Waals surface area contributed by atoms with E-state index in [9.17, 15) is 13.9 Å². The summed E-state index contributed by atoms with van der Waals surface area (Å²) in [6.45, 7) is 1.37. The van der Waals surface area contributed by atoms with Gasteiger partial charge in [0.1, 0.15) is 0 Å². The van der Waals surface area contributed by atoms with E-state index in [1.807, 2.05) is 30.0 Å². The molecule has 1 amide bonds. The standard InChI is InChI=1S/C21H26N2O3S2.H2/c24-21(17-9-10-20-16(14-17)6-5-13-27-20)22-18-7-4-8-19(15-18)28(25,26)23-11-2-1-3-12-23;/h4,7-10,14-15,25-26H,1-3,5-6,11-13H2,(H,22,24);1H. The van der Waals surface area contributed by atoms with Crippen molar-refractivity contribution in [3.8, 4) is 0 Å². The van der Waals surface area contributed by atoms with Gasteiger partial charge in [0, 0.05) is 30.7 Å². The number of nitrogens with zero attached hydrogens (tertiary/aromatic N) is 1. The second-order valence-corrected chi connectivity index (χ2v) is 10.4. The van der Waals surface area contributed by atoms with Gasteiger partial charge in [0.15, 0.2) is 0 Å². The first kappa shape index (κ1) is 19.8. The molecule has 0 aliphatic carbocycles. The third kappa shape index (κ3) is 4.23. The third-order valence-corrected chi connectivity index (χ3v) is 8.43. The van der Waals surface area contributed by atoms with Gasteiger partial charge in [-0.15, -0.1) is 22.5 Å². The van der Waals surface area contributed by atoms with Crippen LogP contribution in [-0.4, -0.2) is 38.2 Å². The molecule has 152 valence electrons. The van der Waals surface area contributed by atoms with E-state index in [0.717, 1.165) is 37.9 Å². The minimum atomic E-state index is -3.02. The molecule has 3 N–H and O–H groups in total. The van der Waals surface area contributed by atoms with Crippen LogP contribution in [0.1, 0.15) is 43.0 Å². The van der Waals surface area contributed by atoms with Crippen molar-refractivity contribution in [2.75, 3.05) is 24.2 Å². The zero-order chi connectivity index (χ0) is 19.6. The average Bonchev–Trinajstić information content (AvgIpc) is 2.74. The zero-order valence-corrected chi connectivity index (χ0v) is 17.4. The van der Waals surface area contributed by atoms with Crippen LogP contribution in [0.5, 0.6) is 0 Å². The minimum absolute atomic E-state index is 0. The Hall–Kier alpha value is -1.51. The summed E-state index contributed by atoms with van der Waals surface area (Å²) in [7, 11) is -3.02. The molecule has 0 saturated carbocycles. The molecule has 0 aromatic heterocycles. The van der Waals surface area contributed by atoms with Crippen molar-refractivity contribution < 1.29 is 15.3 Å². The van der Waals surface area contributed by atoms with Crippen molar-refractivity contribution >= 4 is 34.1 Å². The number of fused-ring (bicyclic) bond motifs is 1. The molecule has 5 nitrogen and oxygen atoms in total. The lowest BCUT2D eigenvalue weighted by molar-refractivity contribution is 0.102. The predicted molar refractivity (Wildman–Crippen MR) is 119 cm³/mol. The molecule has 0 spiro atoms. The molecular weight excluding hydrogens is 392 g/mol. The van der Waals surface area contributed by atoms with E-state index in [1.54, 1.807) is 28.6 Å². The van der Waals surface area contributed by atoms with Gasteiger partial charge in [-0.2, -0.15) is 0 Å². The maximum absolute atomic E-state index is 12.7. The van der Waals surface area contributed by atoms with Crippen molar-refractivity contribution in [2.24, 2.45) is 0 Å². The van der Waals surface area contributed by atoms with Gasteiger partial charge in [-0.05, 0) is 73.4 Å². The van der Waals surface area contributed by atoms with E-state index in [-0.39, 0.29) is 7.33 Å². The Kier molecular flexibility index (Phi) is 5.99. The summed E-state index contributed by atoms with van der Waals surface area (Å²) in [6, 6.07) is 12.8. The lowest BCUT2D eigenvalue weighted by Gasteiger charge is -2.44. The number of aryl methyl sites for hydroxylation is 1. The van der Waals surface area contributed by atoms with Crippen LogP contribution >= 0.6 is 22.5 Å². The van der Waals surface area contributed by atoms with Crippen molar-refractivity contribution in [1.29, 1.82) is 0 Å². The number of hydrogen-bond donors (Lipinski definition) is 3. The summed E-state index contributed by atoms with van der Waals surface area (Å²) in [6.07, 6.45) is 5.22. The number of amides is 1. The second kappa shape index (κ2) is 8.47. The molecule has 4 rings (SSSR count). The fourth-order valence-corrected chi connectivity index (χ4v) is 6.35. The molecule has 0 radical (unpaired) electrons. The Morgan fingerprint density at radius 1 is 1.07 bits per heavy atom. The van der Waals surface area contributed by atoms with Crippen molar-refractivity contribution in [1.82, 2.24) is 4.31 Å². The van der Waals surface area contributed by atoms with E-state index >= 15 is 0 Å². The Morgan fingerprint density at radius 3 is 2.71 bits per heavy atom. The number of anilines is 1. The molecule has 0 bridgehead atoms. The summed E-state index contributed by atoms with van der Waals surface area (Å²) < 4.78 is 23.3. The predicted octanol–water partition coefficient (Wildman–Crippen LogP) is 5.73. The highest BCUT2D eigenvalue weighted by atomic mass is 32.3. The molecule has 1 saturated heterocycles. The molecule has 7 heteroatoms. The van der Waals surface area contributed by atoms with Gasteiger partial charge in [-0.1, -0.05) is 12.5 Å². The number of rotatable bonds is 4. The lowest BCUT2D eigenvalue weighted by atomic mass is 10.1. The normalized spacial score (nSPS) is 18.4. The van der Waals surface area contributed by atoms with Gasteiger partial charge in [0.05, 0.1) is 4.90 Å². The first-order valence-electron chi connectivity index (χ1n) is 9.74. The van der Waals surface area contributed by atoms with E-state index < -0.39 is 10.8 Å². The Labute approximate surface area is 173 Å². The van der Waals surface area contributed by atoms with Crippen LogP contribution in [0.3, 0.4) is 0 Å². The number of nitrogens with one attached hydrogen (secondary N) is 1. The largest absolute Gasteiger partial charge is 0.322 e. The highest BCUT2D eigenvalue weighted by Crippen LogP contribution is 2.52. The molecule has 2 aliphatic heterocycles. The average molecular weight is 421 g/mol. The SMILES string of the molecule is O=C(Nc1cccc(S(O)(O)N2CCCCC2)c1)c1ccc2c(c1)CCCS2.[HH]. The third-order valence-electron chi connectivity index (χ3n) is 5.25. The molecule has 0 unspecified atom stereocenters. The van der Waals surface area contributed by atoms with E-state index in [1.165, 1.54) is 10.5 Å². The molecule has 2 aliphatic rings. The number of piperidine rings is 1. The number of benzene rings is 2. The highest BCUT2D eigenvalue weighted by molar-refractivity contribution is 8.22. The van der Waals surface area contributed by atoms with E-state index in [0.29, 0.717) is 29.2 Å². The fraction of sp³-hybridized carbons (Fsp3) is 0.381. The summed E-state index contributed by atoms with van der Waals surface area (Å²) in [5, 5.41) is 2.91. The summed E-state index contributed by atoms with van der Waals surface area (Å²) >= 11 is 1.84. The smallest absolute Gasteiger partial charge is 0.255 e.